The molecule has 2 amide bonds. The Balaban J connectivity index is 1.58. The zero-order chi connectivity index (χ0) is 16.2. The van der Waals surface area contributed by atoms with Crippen LogP contribution >= 0.6 is 0 Å². The summed E-state index contributed by atoms with van der Waals surface area (Å²) < 4.78 is 18.1. The second-order valence-corrected chi connectivity index (χ2v) is 5.25. The Labute approximate surface area is 132 Å². The normalized spacial score (nSPS) is 12.8. The Morgan fingerprint density at radius 3 is 2.70 bits per heavy atom. The van der Waals surface area contributed by atoms with E-state index < -0.39 is 0 Å². The summed E-state index contributed by atoms with van der Waals surface area (Å²) in [4.78, 5) is 23.3. The van der Waals surface area contributed by atoms with E-state index in [0.717, 1.165) is 11.1 Å². The smallest absolute Gasteiger partial charge is 0.262 e. The number of benzene rings is 2. The van der Waals surface area contributed by atoms with Crippen molar-refractivity contribution in [2.75, 3.05) is 11.9 Å². The van der Waals surface area contributed by atoms with Gasteiger partial charge in [0.05, 0.1) is 12.1 Å². The van der Waals surface area contributed by atoms with Crippen LogP contribution in [-0.4, -0.2) is 18.4 Å². The number of carbonyl (C=O) groups is 2. The van der Waals surface area contributed by atoms with Crippen LogP contribution in [0, 0.1) is 5.82 Å². The lowest BCUT2D eigenvalue weighted by atomic mass is 10.1. The minimum Gasteiger partial charge on any atom is -0.482 e. The molecule has 2 N–H and O–H groups in total. The highest BCUT2D eigenvalue weighted by molar-refractivity contribution is 5.95. The van der Waals surface area contributed by atoms with Crippen LogP contribution in [0.2, 0.25) is 0 Å². The van der Waals surface area contributed by atoms with E-state index >= 15 is 0 Å². The van der Waals surface area contributed by atoms with Crippen molar-refractivity contribution in [1.29, 1.82) is 0 Å². The first kappa shape index (κ1) is 15.0. The quantitative estimate of drug-likeness (QED) is 0.907. The number of fused-ring (bicyclic) bond motifs is 1. The van der Waals surface area contributed by atoms with Gasteiger partial charge in [-0.25, -0.2) is 4.39 Å². The second-order valence-electron chi connectivity index (χ2n) is 5.25. The average Bonchev–Trinajstić information content (AvgIpc) is 2.54. The number of halogens is 1. The molecule has 1 aliphatic rings. The van der Waals surface area contributed by atoms with Gasteiger partial charge in [0.2, 0.25) is 5.91 Å². The Morgan fingerprint density at radius 1 is 1.17 bits per heavy atom. The van der Waals surface area contributed by atoms with Crippen LogP contribution in [0.25, 0.3) is 0 Å². The largest absolute Gasteiger partial charge is 0.482 e. The van der Waals surface area contributed by atoms with Crippen LogP contribution in [0.3, 0.4) is 0 Å². The van der Waals surface area contributed by atoms with Gasteiger partial charge in [-0.2, -0.15) is 0 Å². The minimum absolute atomic E-state index is 0.00447. The number of hydrogen-bond acceptors (Lipinski definition) is 3. The number of nitrogens with one attached hydrogen (secondary N) is 2. The van der Waals surface area contributed by atoms with Crippen LogP contribution in [0.5, 0.6) is 5.75 Å². The molecular weight excluding hydrogens is 299 g/mol. The lowest BCUT2D eigenvalue weighted by Gasteiger charge is -2.18. The fourth-order valence-electron chi connectivity index (χ4n) is 2.29. The molecule has 0 unspecified atom stereocenters. The molecule has 3 rings (SSSR count). The number of ether oxygens (including phenoxy) is 1. The summed E-state index contributed by atoms with van der Waals surface area (Å²) in [6, 6.07) is 11.2. The molecule has 0 fully saturated rings. The van der Waals surface area contributed by atoms with Gasteiger partial charge in [0, 0.05) is 6.54 Å². The number of hydrogen-bond donors (Lipinski definition) is 2. The second kappa shape index (κ2) is 6.48. The van der Waals surface area contributed by atoms with E-state index in [9.17, 15) is 14.0 Å². The van der Waals surface area contributed by atoms with E-state index in [-0.39, 0.29) is 30.7 Å². The predicted molar refractivity (Wildman–Crippen MR) is 82.5 cm³/mol. The first-order valence-electron chi connectivity index (χ1n) is 7.17. The van der Waals surface area contributed by atoms with Crippen LogP contribution < -0.4 is 15.4 Å². The van der Waals surface area contributed by atoms with Crippen molar-refractivity contribution in [1.82, 2.24) is 5.32 Å². The summed E-state index contributed by atoms with van der Waals surface area (Å²) in [6.07, 6.45) is 0.185. The third-order valence-electron chi connectivity index (χ3n) is 3.44. The van der Waals surface area contributed by atoms with Crippen molar-refractivity contribution in [3.63, 3.8) is 0 Å². The third-order valence-corrected chi connectivity index (χ3v) is 3.44. The summed E-state index contributed by atoms with van der Waals surface area (Å²) in [6.45, 7) is 0.342. The molecule has 0 aromatic heterocycles. The molecule has 23 heavy (non-hydrogen) atoms. The number of carbonyl (C=O) groups excluding carboxylic acids is 2. The van der Waals surface area contributed by atoms with Gasteiger partial charge < -0.3 is 15.4 Å². The Bertz CT molecular complexity index is 744. The Hall–Kier alpha value is -2.89. The zero-order valence-electron chi connectivity index (χ0n) is 12.3. The molecule has 118 valence electrons. The molecule has 1 aliphatic heterocycles. The van der Waals surface area contributed by atoms with E-state index in [2.05, 4.69) is 10.6 Å². The summed E-state index contributed by atoms with van der Waals surface area (Å²) in [5.74, 6) is -0.0776. The monoisotopic (exact) mass is 314 g/mol. The number of rotatable bonds is 4. The molecule has 0 atom stereocenters. The highest BCUT2D eigenvalue weighted by atomic mass is 19.1. The van der Waals surface area contributed by atoms with E-state index in [1.165, 1.54) is 12.1 Å². The molecule has 0 bridgehead atoms. The molecule has 0 saturated heterocycles. The summed E-state index contributed by atoms with van der Waals surface area (Å²) in [5.41, 5.74) is 2.17. The fourth-order valence-corrected chi connectivity index (χ4v) is 2.29. The summed E-state index contributed by atoms with van der Waals surface area (Å²) in [7, 11) is 0. The van der Waals surface area contributed by atoms with E-state index in [0.29, 0.717) is 18.0 Å². The number of amides is 2. The van der Waals surface area contributed by atoms with Crippen molar-refractivity contribution in [2.24, 2.45) is 0 Å². The number of anilines is 1. The van der Waals surface area contributed by atoms with Crippen molar-refractivity contribution in [3.05, 3.63) is 59.4 Å². The van der Waals surface area contributed by atoms with E-state index in [1.54, 1.807) is 30.3 Å². The molecule has 5 nitrogen and oxygen atoms in total. The van der Waals surface area contributed by atoms with Crippen molar-refractivity contribution in [2.45, 2.75) is 13.0 Å². The third kappa shape index (κ3) is 3.85. The van der Waals surface area contributed by atoms with E-state index in [4.69, 9.17) is 4.74 Å². The Kier molecular flexibility index (Phi) is 4.23. The van der Waals surface area contributed by atoms with Gasteiger partial charge in [-0.1, -0.05) is 18.2 Å². The van der Waals surface area contributed by atoms with Crippen LogP contribution in [0.1, 0.15) is 11.1 Å². The van der Waals surface area contributed by atoms with Crippen molar-refractivity contribution < 1.29 is 18.7 Å². The maximum Gasteiger partial charge on any atom is 0.262 e. The van der Waals surface area contributed by atoms with Gasteiger partial charge in [0.15, 0.2) is 6.61 Å². The van der Waals surface area contributed by atoms with E-state index in [1.807, 2.05) is 0 Å². The molecule has 0 aliphatic carbocycles. The maximum atomic E-state index is 12.8. The minimum atomic E-state index is -0.307. The highest BCUT2D eigenvalue weighted by Gasteiger charge is 2.16. The van der Waals surface area contributed by atoms with Crippen LogP contribution in [0.15, 0.2) is 42.5 Å². The molecule has 6 heteroatoms. The van der Waals surface area contributed by atoms with Gasteiger partial charge in [-0.3, -0.25) is 9.59 Å². The van der Waals surface area contributed by atoms with Gasteiger partial charge in [-0.15, -0.1) is 0 Å². The summed E-state index contributed by atoms with van der Waals surface area (Å²) in [5, 5.41) is 5.48. The molecule has 2 aromatic carbocycles. The highest BCUT2D eigenvalue weighted by Crippen LogP contribution is 2.28. The fraction of sp³-hybridized carbons (Fsp3) is 0.176. The lowest BCUT2D eigenvalue weighted by Crippen LogP contribution is -2.26. The first-order chi connectivity index (χ1) is 11.1. The molecule has 0 saturated carbocycles. The van der Waals surface area contributed by atoms with Crippen molar-refractivity contribution >= 4 is 17.5 Å². The zero-order valence-corrected chi connectivity index (χ0v) is 12.3. The topological polar surface area (TPSA) is 67.4 Å². The standard InChI is InChI=1S/C17H15FN2O3/c18-13-4-1-11(2-5-13)9-19-16(21)8-12-3-6-15-14(7-12)20-17(22)10-23-15/h1-7H,8-10H2,(H,19,21)(H,20,22). The Morgan fingerprint density at radius 2 is 1.91 bits per heavy atom. The predicted octanol–water partition coefficient (Wildman–Crippen LogP) is 2.02. The SMILES string of the molecule is O=C(Cc1ccc2c(c1)NC(=O)CO2)NCc1ccc(F)cc1. The van der Waals surface area contributed by atoms with Gasteiger partial charge in [0.25, 0.3) is 5.91 Å². The molecule has 0 radical (unpaired) electrons. The molecule has 0 spiro atoms. The van der Waals surface area contributed by atoms with Crippen LogP contribution in [0.4, 0.5) is 10.1 Å². The summed E-state index contributed by atoms with van der Waals surface area (Å²) >= 11 is 0. The lowest BCUT2D eigenvalue weighted by molar-refractivity contribution is -0.120. The van der Waals surface area contributed by atoms with Crippen LogP contribution in [-0.2, 0) is 22.6 Å². The average molecular weight is 314 g/mol. The maximum absolute atomic E-state index is 12.8. The first-order valence-corrected chi connectivity index (χ1v) is 7.17. The van der Waals surface area contributed by atoms with Crippen molar-refractivity contribution in [3.8, 4) is 5.75 Å². The van der Waals surface area contributed by atoms with Gasteiger partial charge in [-0.05, 0) is 35.4 Å². The molecular formula is C17H15FN2O3. The van der Waals surface area contributed by atoms with Gasteiger partial charge in [0.1, 0.15) is 11.6 Å². The van der Waals surface area contributed by atoms with Gasteiger partial charge >= 0.3 is 0 Å². The molecule has 1 heterocycles. The molecule has 2 aromatic rings.